The normalized spacial score (nSPS) is 13.1. The van der Waals surface area contributed by atoms with E-state index in [0.29, 0.717) is 5.25 Å². The molecule has 0 amide bonds. The summed E-state index contributed by atoms with van der Waals surface area (Å²) >= 11 is 1.93. The van der Waals surface area contributed by atoms with Crippen molar-refractivity contribution in [2.45, 2.75) is 56.7 Å². The highest BCUT2D eigenvalue weighted by Gasteiger charge is 2.09. The fourth-order valence-electron chi connectivity index (χ4n) is 1.66. The van der Waals surface area contributed by atoms with Gasteiger partial charge >= 0.3 is 0 Å². The number of hydrogen-bond donors (Lipinski definition) is 1. The van der Waals surface area contributed by atoms with Gasteiger partial charge in [0.2, 0.25) is 0 Å². The highest BCUT2D eigenvalue weighted by atomic mass is 32.2. The first-order valence-electron chi connectivity index (χ1n) is 6.04. The van der Waals surface area contributed by atoms with E-state index in [4.69, 9.17) is 5.73 Å². The van der Waals surface area contributed by atoms with Crippen LogP contribution in [0.5, 0.6) is 0 Å². The number of thioether (sulfide) groups is 1. The molecule has 0 aliphatic rings. The largest absolute Gasteiger partial charge is 0.327 e. The Morgan fingerprint density at radius 2 is 2.00 bits per heavy atom. The Morgan fingerprint density at radius 1 is 1.31 bits per heavy atom. The van der Waals surface area contributed by atoms with Crippen molar-refractivity contribution < 1.29 is 0 Å². The average molecular weight is 237 g/mol. The van der Waals surface area contributed by atoms with Crippen molar-refractivity contribution in [3.8, 4) is 0 Å². The van der Waals surface area contributed by atoms with Gasteiger partial charge in [0.25, 0.3) is 0 Å². The molecule has 2 heteroatoms. The van der Waals surface area contributed by atoms with Crippen LogP contribution in [0.25, 0.3) is 0 Å². The zero-order valence-electron chi connectivity index (χ0n) is 10.8. The molecule has 1 rings (SSSR count). The number of rotatable bonds is 5. The third kappa shape index (κ3) is 4.18. The predicted molar refractivity (Wildman–Crippen MR) is 74.1 cm³/mol. The molecular weight excluding hydrogens is 214 g/mol. The molecule has 2 N–H and O–H groups in total. The van der Waals surface area contributed by atoms with Gasteiger partial charge in [0, 0.05) is 16.2 Å². The Bertz CT molecular complexity index is 334. The molecule has 0 spiro atoms. The van der Waals surface area contributed by atoms with Crippen LogP contribution in [0.2, 0.25) is 0 Å². The molecule has 1 aromatic rings. The molecule has 1 atom stereocenters. The fraction of sp³-hybridized carbons (Fsp3) is 0.571. The molecule has 0 aromatic heterocycles. The Hall–Kier alpha value is -0.470. The van der Waals surface area contributed by atoms with Crippen LogP contribution in [0.15, 0.2) is 23.1 Å². The Kier molecular flexibility index (Phi) is 5.36. The molecule has 0 aliphatic heterocycles. The lowest BCUT2D eigenvalue weighted by molar-refractivity contribution is 0.640. The molecule has 0 saturated carbocycles. The summed E-state index contributed by atoms with van der Waals surface area (Å²) in [6.07, 6.45) is 2.03. The lowest BCUT2D eigenvalue weighted by atomic mass is 10.0. The topological polar surface area (TPSA) is 26.0 Å². The van der Waals surface area contributed by atoms with E-state index in [1.165, 1.54) is 16.0 Å². The van der Waals surface area contributed by atoms with Gasteiger partial charge in [-0.25, -0.2) is 0 Å². The first kappa shape index (κ1) is 13.6. The quantitative estimate of drug-likeness (QED) is 0.789. The van der Waals surface area contributed by atoms with Gasteiger partial charge in [0.15, 0.2) is 0 Å². The molecule has 0 aliphatic carbocycles. The smallest absolute Gasteiger partial charge is 0.0107 e. The molecule has 0 radical (unpaired) electrons. The van der Waals surface area contributed by atoms with Crippen molar-refractivity contribution in [2.24, 2.45) is 5.73 Å². The second-order valence-electron chi connectivity index (χ2n) is 4.65. The number of benzene rings is 1. The Morgan fingerprint density at radius 3 is 2.56 bits per heavy atom. The van der Waals surface area contributed by atoms with Crippen LogP contribution in [0.3, 0.4) is 0 Å². The van der Waals surface area contributed by atoms with Crippen molar-refractivity contribution in [3.05, 3.63) is 29.3 Å². The Labute approximate surface area is 104 Å². The molecule has 0 saturated heterocycles. The van der Waals surface area contributed by atoms with E-state index < -0.39 is 0 Å². The molecule has 1 unspecified atom stereocenters. The number of hydrogen-bond acceptors (Lipinski definition) is 2. The van der Waals surface area contributed by atoms with Crippen LogP contribution in [0, 0.1) is 6.92 Å². The van der Waals surface area contributed by atoms with Crippen LogP contribution >= 0.6 is 11.8 Å². The third-order valence-corrected chi connectivity index (χ3v) is 3.71. The van der Waals surface area contributed by atoms with Crippen molar-refractivity contribution in [1.82, 2.24) is 0 Å². The van der Waals surface area contributed by atoms with Crippen LogP contribution in [-0.4, -0.2) is 11.3 Å². The van der Waals surface area contributed by atoms with Gasteiger partial charge in [0.05, 0.1) is 0 Å². The molecule has 16 heavy (non-hydrogen) atoms. The van der Waals surface area contributed by atoms with Gasteiger partial charge in [-0.3, -0.25) is 0 Å². The zero-order valence-corrected chi connectivity index (χ0v) is 11.6. The van der Waals surface area contributed by atoms with Crippen molar-refractivity contribution >= 4 is 11.8 Å². The van der Waals surface area contributed by atoms with Crippen molar-refractivity contribution in [2.75, 3.05) is 0 Å². The fourth-order valence-corrected chi connectivity index (χ4v) is 2.61. The summed E-state index contributed by atoms with van der Waals surface area (Å²) in [6, 6.07) is 6.98. The van der Waals surface area contributed by atoms with Crippen molar-refractivity contribution in [3.63, 3.8) is 0 Å². The second kappa shape index (κ2) is 6.31. The third-order valence-electron chi connectivity index (χ3n) is 2.59. The minimum absolute atomic E-state index is 0.285. The SMILES string of the molecule is CCC(N)Cc1cc(C)ccc1SC(C)C. The monoisotopic (exact) mass is 237 g/mol. The van der Waals surface area contributed by atoms with Crippen LogP contribution in [-0.2, 0) is 6.42 Å². The van der Waals surface area contributed by atoms with E-state index in [9.17, 15) is 0 Å². The van der Waals surface area contributed by atoms with Crippen LogP contribution in [0.1, 0.15) is 38.3 Å². The first-order chi connectivity index (χ1) is 7.52. The second-order valence-corrected chi connectivity index (χ2v) is 6.27. The average Bonchev–Trinajstić information content (AvgIpc) is 2.21. The molecule has 0 fully saturated rings. The summed E-state index contributed by atoms with van der Waals surface area (Å²) in [5.41, 5.74) is 8.78. The highest BCUT2D eigenvalue weighted by Crippen LogP contribution is 2.28. The summed E-state index contributed by atoms with van der Waals surface area (Å²) in [7, 11) is 0. The van der Waals surface area contributed by atoms with E-state index in [-0.39, 0.29) is 6.04 Å². The van der Waals surface area contributed by atoms with Crippen LogP contribution in [0.4, 0.5) is 0 Å². The molecule has 0 bridgehead atoms. The van der Waals surface area contributed by atoms with E-state index in [2.05, 4.69) is 45.9 Å². The number of nitrogens with two attached hydrogens (primary N) is 1. The maximum atomic E-state index is 6.05. The van der Waals surface area contributed by atoms with E-state index in [1.807, 2.05) is 11.8 Å². The van der Waals surface area contributed by atoms with Gasteiger partial charge in [-0.15, -0.1) is 11.8 Å². The minimum Gasteiger partial charge on any atom is -0.327 e. The summed E-state index contributed by atoms with van der Waals surface area (Å²) in [6.45, 7) is 8.75. The molecule has 90 valence electrons. The number of aryl methyl sites for hydroxylation is 1. The summed E-state index contributed by atoms with van der Waals surface area (Å²) in [5.74, 6) is 0. The summed E-state index contributed by atoms with van der Waals surface area (Å²) in [4.78, 5) is 1.39. The highest BCUT2D eigenvalue weighted by molar-refractivity contribution is 8.00. The van der Waals surface area contributed by atoms with E-state index >= 15 is 0 Å². The first-order valence-corrected chi connectivity index (χ1v) is 6.92. The van der Waals surface area contributed by atoms with Gasteiger partial charge in [-0.2, -0.15) is 0 Å². The maximum Gasteiger partial charge on any atom is 0.0107 e. The van der Waals surface area contributed by atoms with Gasteiger partial charge in [-0.05, 0) is 31.4 Å². The van der Waals surface area contributed by atoms with E-state index in [0.717, 1.165) is 12.8 Å². The summed E-state index contributed by atoms with van der Waals surface area (Å²) in [5, 5.41) is 0.624. The predicted octanol–water partition coefficient (Wildman–Crippen LogP) is 3.78. The zero-order chi connectivity index (χ0) is 12.1. The standard InChI is InChI=1S/C14H23NS/c1-5-13(15)9-12-8-11(4)6-7-14(12)16-10(2)3/h6-8,10,13H,5,9,15H2,1-4H3. The van der Waals surface area contributed by atoms with Crippen molar-refractivity contribution in [1.29, 1.82) is 0 Å². The minimum atomic E-state index is 0.285. The van der Waals surface area contributed by atoms with Crippen LogP contribution < -0.4 is 5.73 Å². The van der Waals surface area contributed by atoms with Gasteiger partial charge in [0.1, 0.15) is 0 Å². The molecule has 1 aromatic carbocycles. The molecule has 1 nitrogen and oxygen atoms in total. The van der Waals surface area contributed by atoms with Gasteiger partial charge < -0.3 is 5.73 Å². The maximum absolute atomic E-state index is 6.05. The van der Waals surface area contributed by atoms with E-state index in [1.54, 1.807) is 0 Å². The molecule has 0 heterocycles. The lowest BCUT2D eigenvalue weighted by Gasteiger charge is -2.15. The molecular formula is C14H23NS. The van der Waals surface area contributed by atoms with Gasteiger partial charge in [-0.1, -0.05) is 38.5 Å². The Balaban J connectivity index is 2.89. The summed E-state index contributed by atoms with van der Waals surface area (Å²) < 4.78 is 0. The lowest BCUT2D eigenvalue weighted by Crippen LogP contribution is -2.21.